The molecule has 1 unspecified atom stereocenters. The van der Waals surface area contributed by atoms with Crippen LogP contribution >= 0.6 is 0 Å². The summed E-state index contributed by atoms with van der Waals surface area (Å²) in [4.78, 5) is 16.8. The first-order valence-corrected chi connectivity index (χ1v) is 9.67. The van der Waals surface area contributed by atoms with E-state index in [0.717, 1.165) is 12.5 Å². The van der Waals surface area contributed by atoms with Gasteiger partial charge in [-0.25, -0.2) is 12.8 Å². The summed E-state index contributed by atoms with van der Waals surface area (Å²) >= 11 is 0. The molecule has 1 aromatic carbocycles. The number of amides is 1. The fourth-order valence-corrected chi connectivity index (χ4v) is 3.99. The van der Waals surface area contributed by atoms with E-state index in [9.17, 15) is 17.6 Å². The maximum Gasteiger partial charge on any atom is 0.270 e. The Bertz CT molecular complexity index is 928. The molecule has 0 radical (unpaired) electrons. The average Bonchev–Trinajstić information content (AvgIpc) is 3.24. The van der Waals surface area contributed by atoms with Crippen molar-refractivity contribution in [3.8, 4) is 0 Å². The van der Waals surface area contributed by atoms with Crippen LogP contribution in [-0.4, -0.2) is 43.8 Å². The van der Waals surface area contributed by atoms with Crippen molar-refractivity contribution in [2.75, 3.05) is 24.4 Å². The molecule has 4 N–H and O–H groups in total. The second-order valence-electron chi connectivity index (χ2n) is 6.83. The Morgan fingerprint density at radius 1 is 1.42 bits per heavy atom. The number of benzene rings is 1. The molecule has 0 saturated carbocycles. The number of sulfonamides is 1. The predicted molar refractivity (Wildman–Crippen MR) is 95.7 cm³/mol. The number of para-hydroxylation sites is 1. The largest absolute Gasteiger partial charge is 0.356 e. The van der Waals surface area contributed by atoms with Crippen LogP contribution in [0.5, 0.6) is 0 Å². The van der Waals surface area contributed by atoms with E-state index in [-0.39, 0.29) is 27.6 Å². The Balaban J connectivity index is 1.77. The van der Waals surface area contributed by atoms with Crippen molar-refractivity contribution >= 4 is 21.6 Å². The Kier molecular flexibility index (Phi) is 4.76. The molecule has 140 valence electrons. The monoisotopic (exact) mass is 380 g/mol. The van der Waals surface area contributed by atoms with Crippen LogP contribution in [0.25, 0.3) is 0 Å². The Morgan fingerprint density at radius 3 is 2.81 bits per heavy atom. The second kappa shape index (κ2) is 6.73. The molecule has 1 aliphatic rings. The highest BCUT2D eigenvalue weighted by Crippen LogP contribution is 2.29. The van der Waals surface area contributed by atoms with Gasteiger partial charge in [-0.1, -0.05) is 19.1 Å². The number of anilines is 1. The summed E-state index contributed by atoms with van der Waals surface area (Å²) in [6.45, 7) is 3.59. The van der Waals surface area contributed by atoms with Gasteiger partial charge in [0.25, 0.3) is 15.9 Å². The fraction of sp³-hybridized carbons (Fsp3) is 0.353. The molecular weight excluding hydrogens is 359 g/mol. The molecule has 0 spiro atoms. The van der Waals surface area contributed by atoms with Crippen molar-refractivity contribution in [1.82, 2.24) is 9.88 Å². The van der Waals surface area contributed by atoms with Crippen LogP contribution in [0.1, 0.15) is 23.8 Å². The van der Waals surface area contributed by atoms with Gasteiger partial charge < -0.3 is 15.6 Å². The van der Waals surface area contributed by atoms with Crippen molar-refractivity contribution in [3.63, 3.8) is 0 Å². The molecule has 0 aliphatic carbocycles. The zero-order chi connectivity index (χ0) is 18.9. The zero-order valence-corrected chi connectivity index (χ0v) is 15.1. The summed E-state index contributed by atoms with van der Waals surface area (Å²) in [6, 6.07) is 6.72. The number of hydrogen-bond acceptors (Lipinski definition) is 4. The van der Waals surface area contributed by atoms with Gasteiger partial charge >= 0.3 is 0 Å². The number of aromatic nitrogens is 1. The average molecular weight is 380 g/mol. The third-order valence-electron chi connectivity index (χ3n) is 4.65. The van der Waals surface area contributed by atoms with Gasteiger partial charge in [-0.05, 0) is 36.6 Å². The van der Waals surface area contributed by atoms with Crippen LogP contribution in [0.15, 0.2) is 41.4 Å². The number of aromatic amines is 1. The molecule has 1 amide bonds. The van der Waals surface area contributed by atoms with Gasteiger partial charge in [0, 0.05) is 19.3 Å². The third kappa shape index (κ3) is 3.58. The van der Waals surface area contributed by atoms with Crippen LogP contribution in [0, 0.1) is 11.2 Å². The highest BCUT2D eigenvalue weighted by molar-refractivity contribution is 7.92. The Morgan fingerprint density at radius 2 is 2.15 bits per heavy atom. The molecule has 2 heterocycles. The molecule has 2 aromatic rings. The zero-order valence-electron chi connectivity index (χ0n) is 14.3. The van der Waals surface area contributed by atoms with Gasteiger partial charge in [-0.3, -0.25) is 9.52 Å². The molecule has 26 heavy (non-hydrogen) atoms. The van der Waals surface area contributed by atoms with Crippen molar-refractivity contribution in [3.05, 3.63) is 48.0 Å². The van der Waals surface area contributed by atoms with Gasteiger partial charge in [0.05, 0.1) is 5.69 Å². The number of hydrogen-bond donors (Lipinski definition) is 3. The van der Waals surface area contributed by atoms with Crippen LogP contribution in [0.3, 0.4) is 0 Å². The summed E-state index contributed by atoms with van der Waals surface area (Å²) in [6.07, 6.45) is 2.02. The standard InChI is InChI=1S/C17H21FN4O3S/c1-17(10-19)6-7-22(11-17)16(23)15-8-12(9-20-15)26(24,25)21-14-5-3-2-4-13(14)18/h2-5,8-9,20-21H,6-7,10-11,19H2,1H3. The SMILES string of the molecule is CC1(CN)CCN(C(=O)c2cc(S(=O)(=O)Nc3ccccc3F)c[nH]2)C1. The maximum atomic E-state index is 13.7. The van der Waals surface area contributed by atoms with E-state index in [1.165, 1.54) is 30.5 Å². The number of likely N-dealkylation sites (tertiary alicyclic amines) is 1. The van der Waals surface area contributed by atoms with Gasteiger partial charge in [0.15, 0.2) is 0 Å². The van der Waals surface area contributed by atoms with Crippen molar-refractivity contribution in [2.24, 2.45) is 11.1 Å². The van der Waals surface area contributed by atoms with E-state index in [1.807, 2.05) is 6.92 Å². The quantitative estimate of drug-likeness (QED) is 0.734. The summed E-state index contributed by atoms with van der Waals surface area (Å²) in [5.74, 6) is -0.962. The number of nitrogens with zero attached hydrogens (tertiary/aromatic N) is 1. The van der Waals surface area contributed by atoms with Crippen molar-refractivity contribution < 1.29 is 17.6 Å². The lowest BCUT2D eigenvalue weighted by molar-refractivity contribution is 0.0771. The topological polar surface area (TPSA) is 108 Å². The van der Waals surface area contributed by atoms with E-state index >= 15 is 0 Å². The van der Waals surface area contributed by atoms with Gasteiger partial charge in [0.2, 0.25) is 0 Å². The number of nitrogens with one attached hydrogen (secondary N) is 2. The van der Waals surface area contributed by atoms with E-state index in [4.69, 9.17) is 5.73 Å². The van der Waals surface area contributed by atoms with Gasteiger partial charge in [-0.15, -0.1) is 0 Å². The van der Waals surface area contributed by atoms with Crippen LogP contribution in [0.2, 0.25) is 0 Å². The number of halogens is 1. The lowest BCUT2D eigenvalue weighted by atomic mass is 9.90. The number of nitrogens with two attached hydrogens (primary N) is 1. The number of carbonyl (C=O) groups excluding carboxylic acids is 1. The summed E-state index contributed by atoms with van der Waals surface area (Å²) in [5.41, 5.74) is 5.64. The molecule has 1 fully saturated rings. The summed E-state index contributed by atoms with van der Waals surface area (Å²) < 4.78 is 40.7. The summed E-state index contributed by atoms with van der Waals surface area (Å²) in [7, 11) is -4.01. The Labute approximate surface area is 151 Å². The van der Waals surface area contributed by atoms with E-state index in [1.54, 1.807) is 4.90 Å². The lowest BCUT2D eigenvalue weighted by Crippen LogP contribution is -2.34. The highest BCUT2D eigenvalue weighted by Gasteiger charge is 2.35. The minimum Gasteiger partial charge on any atom is -0.356 e. The second-order valence-corrected chi connectivity index (χ2v) is 8.51. The van der Waals surface area contributed by atoms with Crippen molar-refractivity contribution in [1.29, 1.82) is 0 Å². The molecule has 7 nitrogen and oxygen atoms in total. The molecule has 9 heteroatoms. The maximum absolute atomic E-state index is 13.7. The van der Waals surface area contributed by atoms with E-state index in [2.05, 4.69) is 9.71 Å². The number of carbonyl (C=O) groups is 1. The molecule has 1 saturated heterocycles. The van der Waals surface area contributed by atoms with E-state index < -0.39 is 15.8 Å². The van der Waals surface area contributed by atoms with Crippen molar-refractivity contribution in [2.45, 2.75) is 18.2 Å². The highest BCUT2D eigenvalue weighted by atomic mass is 32.2. The van der Waals surface area contributed by atoms with Crippen LogP contribution in [0.4, 0.5) is 10.1 Å². The predicted octanol–water partition coefficient (Wildman–Crippen LogP) is 1.77. The smallest absolute Gasteiger partial charge is 0.270 e. The van der Waals surface area contributed by atoms with Gasteiger partial charge in [-0.2, -0.15) is 0 Å². The summed E-state index contributed by atoms with van der Waals surface area (Å²) in [5, 5.41) is 0. The first kappa shape index (κ1) is 18.4. The number of H-pyrrole nitrogens is 1. The first-order chi connectivity index (χ1) is 12.2. The minimum absolute atomic E-state index is 0.121. The lowest BCUT2D eigenvalue weighted by Gasteiger charge is -2.22. The normalized spacial score (nSPS) is 20.3. The molecule has 1 aliphatic heterocycles. The molecule has 0 bridgehead atoms. The first-order valence-electron chi connectivity index (χ1n) is 8.19. The van der Waals surface area contributed by atoms with Gasteiger partial charge in [0.1, 0.15) is 16.4 Å². The third-order valence-corrected chi connectivity index (χ3v) is 6.00. The van der Waals surface area contributed by atoms with E-state index in [0.29, 0.717) is 19.6 Å². The molecule has 3 rings (SSSR count). The Hall–Kier alpha value is -2.39. The molecule has 1 atom stereocenters. The fourth-order valence-electron chi connectivity index (χ4n) is 2.93. The minimum atomic E-state index is -4.01. The number of rotatable bonds is 5. The van der Waals surface area contributed by atoms with Crippen LogP contribution in [-0.2, 0) is 10.0 Å². The van der Waals surface area contributed by atoms with Crippen LogP contribution < -0.4 is 10.5 Å². The molecule has 1 aromatic heterocycles. The molecular formula is C17H21FN4O3S.